The highest BCUT2D eigenvalue weighted by Crippen LogP contribution is 1.93. The largest absolute Gasteiger partial charge is 0.392 e. The molecular formula is C4H8N4OS. The van der Waals surface area contributed by atoms with Gasteiger partial charge in [-0.15, -0.1) is 0 Å². The van der Waals surface area contributed by atoms with E-state index in [2.05, 4.69) is 12.2 Å². The molecule has 0 rings (SSSR count). The van der Waals surface area contributed by atoms with Crippen LogP contribution in [-0.4, -0.2) is 16.7 Å². The predicted molar refractivity (Wildman–Crippen MR) is 41.4 cm³/mol. The van der Waals surface area contributed by atoms with Gasteiger partial charge in [-0.1, -0.05) is 12.2 Å². The number of thiocarbonyl (C=S) groups is 1. The van der Waals surface area contributed by atoms with Crippen LogP contribution in [0.1, 0.15) is 0 Å². The van der Waals surface area contributed by atoms with Crippen LogP contribution in [0.4, 0.5) is 0 Å². The van der Waals surface area contributed by atoms with Gasteiger partial charge in [-0.25, -0.2) is 0 Å². The van der Waals surface area contributed by atoms with E-state index < -0.39 is 17.7 Å². The van der Waals surface area contributed by atoms with Crippen molar-refractivity contribution in [2.45, 2.75) is 0 Å². The Hall–Kier alpha value is -1.17. The molecule has 1 amide bonds. The summed E-state index contributed by atoms with van der Waals surface area (Å²) in [5.74, 6) is -2.31. The van der Waals surface area contributed by atoms with Crippen LogP contribution < -0.4 is 17.2 Å². The van der Waals surface area contributed by atoms with E-state index in [1.54, 1.807) is 0 Å². The molecule has 0 aliphatic rings. The van der Waals surface area contributed by atoms with Gasteiger partial charge in [0.1, 0.15) is 11.8 Å². The van der Waals surface area contributed by atoms with Crippen molar-refractivity contribution in [2.75, 3.05) is 0 Å². The predicted octanol–water partition coefficient (Wildman–Crippen LogP) is -1.69. The van der Waals surface area contributed by atoms with Crippen molar-refractivity contribution in [3.8, 4) is 0 Å². The lowest BCUT2D eigenvalue weighted by atomic mass is 10.1. The normalized spacial score (nSPS) is 12.0. The molecule has 6 heteroatoms. The quantitative estimate of drug-likeness (QED) is 0.224. The van der Waals surface area contributed by atoms with Crippen LogP contribution in [0.5, 0.6) is 0 Å². The fourth-order valence-corrected chi connectivity index (χ4v) is 0.690. The molecule has 0 saturated carbocycles. The number of amides is 1. The van der Waals surface area contributed by atoms with Crippen molar-refractivity contribution in [3.63, 3.8) is 0 Å². The van der Waals surface area contributed by atoms with E-state index in [1.807, 2.05) is 0 Å². The lowest BCUT2D eigenvalue weighted by Crippen LogP contribution is -2.42. The van der Waals surface area contributed by atoms with Gasteiger partial charge >= 0.3 is 0 Å². The van der Waals surface area contributed by atoms with Gasteiger partial charge in [0.15, 0.2) is 0 Å². The number of amidine groups is 1. The summed E-state index contributed by atoms with van der Waals surface area (Å²) in [5.41, 5.74) is 14.8. The molecule has 0 spiro atoms. The molecule has 0 heterocycles. The Morgan fingerprint density at radius 1 is 1.40 bits per heavy atom. The summed E-state index contributed by atoms with van der Waals surface area (Å²) >= 11 is 4.43. The molecule has 0 aromatic carbocycles. The Balaban J connectivity index is 4.43. The molecule has 0 aliphatic carbocycles. The first-order valence-corrected chi connectivity index (χ1v) is 2.80. The zero-order chi connectivity index (χ0) is 8.31. The van der Waals surface area contributed by atoms with E-state index in [-0.39, 0.29) is 4.99 Å². The summed E-state index contributed by atoms with van der Waals surface area (Å²) in [6.45, 7) is 0. The summed E-state index contributed by atoms with van der Waals surface area (Å²) in [7, 11) is 0. The number of carbonyl (C=O) groups excluding carboxylic acids is 1. The Kier molecular flexibility index (Phi) is 2.75. The fourth-order valence-electron chi connectivity index (χ4n) is 0.447. The van der Waals surface area contributed by atoms with Gasteiger partial charge in [-0.2, -0.15) is 0 Å². The second-order valence-corrected chi connectivity index (χ2v) is 2.16. The molecule has 0 saturated heterocycles. The average Bonchev–Trinajstić information content (AvgIpc) is 1.59. The second kappa shape index (κ2) is 3.11. The molecule has 10 heavy (non-hydrogen) atoms. The standard InChI is InChI=1S/C4H8N4OS/c5-2(6)1(3(7)9)4(8)10/h1H,(H3,5,6)(H2,7,9)(H2,8,10). The summed E-state index contributed by atoms with van der Waals surface area (Å²) in [6.07, 6.45) is 0. The molecule has 0 fully saturated rings. The number of rotatable bonds is 3. The molecular weight excluding hydrogens is 152 g/mol. The molecule has 0 aromatic rings. The maximum atomic E-state index is 10.4. The molecule has 5 nitrogen and oxygen atoms in total. The van der Waals surface area contributed by atoms with Crippen LogP contribution in [0.15, 0.2) is 0 Å². The minimum Gasteiger partial charge on any atom is -0.392 e. The summed E-state index contributed by atoms with van der Waals surface area (Å²) < 4.78 is 0. The number of nitrogens with two attached hydrogens (primary N) is 3. The number of nitrogens with one attached hydrogen (secondary N) is 1. The van der Waals surface area contributed by atoms with Crippen LogP contribution in [0.3, 0.4) is 0 Å². The number of hydrogen-bond acceptors (Lipinski definition) is 3. The van der Waals surface area contributed by atoms with Gasteiger partial charge in [0.25, 0.3) is 0 Å². The molecule has 0 bridgehead atoms. The highest BCUT2D eigenvalue weighted by molar-refractivity contribution is 7.80. The average molecular weight is 160 g/mol. The summed E-state index contributed by atoms with van der Waals surface area (Å²) in [4.78, 5) is 10.2. The van der Waals surface area contributed by atoms with Crippen molar-refractivity contribution >= 4 is 28.9 Å². The van der Waals surface area contributed by atoms with E-state index in [0.717, 1.165) is 0 Å². The maximum Gasteiger partial charge on any atom is 0.235 e. The number of hydrogen-bond donors (Lipinski definition) is 4. The monoisotopic (exact) mass is 160 g/mol. The second-order valence-electron chi connectivity index (χ2n) is 1.69. The molecule has 1 atom stereocenters. The number of carbonyl (C=O) groups is 1. The lowest BCUT2D eigenvalue weighted by Gasteiger charge is -2.07. The summed E-state index contributed by atoms with van der Waals surface area (Å²) in [6, 6.07) is 0. The van der Waals surface area contributed by atoms with E-state index >= 15 is 0 Å². The summed E-state index contributed by atoms with van der Waals surface area (Å²) in [5, 5.41) is 6.82. The number of primary amides is 1. The third-order valence-corrected chi connectivity index (χ3v) is 1.12. The fraction of sp³-hybridized carbons (Fsp3) is 0.250. The highest BCUT2D eigenvalue weighted by atomic mass is 32.1. The van der Waals surface area contributed by atoms with Crippen molar-refractivity contribution in [1.82, 2.24) is 0 Å². The third kappa shape index (κ3) is 1.98. The van der Waals surface area contributed by atoms with Crippen LogP contribution in [-0.2, 0) is 4.79 Å². The zero-order valence-corrected chi connectivity index (χ0v) is 5.94. The van der Waals surface area contributed by atoms with E-state index in [4.69, 9.17) is 22.6 Å². The van der Waals surface area contributed by atoms with Gasteiger partial charge in [0, 0.05) is 0 Å². The van der Waals surface area contributed by atoms with Crippen LogP contribution in [0.2, 0.25) is 0 Å². The van der Waals surface area contributed by atoms with Gasteiger partial charge in [-0.3, -0.25) is 10.2 Å². The third-order valence-electron chi connectivity index (χ3n) is 0.880. The van der Waals surface area contributed by atoms with Crippen molar-refractivity contribution < 1.29 is 4.79 Å². The minimum absolute atomic E-state index is 0.167. The van der Waals surface area contributed by atoms with Crippen molar-refractivity contribution in [3.05, 3.63) is 0 Å². The SMILES string of the molecule is N=C(N)C(C(N)=O)C(N)=S. The first-order valence-electron chi connectivity index (χ1n) is 2.39. The van der Waals surface area contributed by atoms with E-state index in [0.29, 0.717) is 0 Å². The van der Waals surface area contributed by atoms with Gasteiger partial charge < -0.3 is 17.2 Å². The molecule has 1 unspecified atom stereocenters. The molecule has 56 valence electrons. The van der Waals surface area contributed by atoms with Gasteiger partial charge in [-0.05, 0) is 0 Å². The zero-order valence-electron chi connectivity index (χ0n) is 5.13. The van der Waals surface area contributed by atoms with Crippen LogP contribution in [0.25, 0.3) is 0 Å². The maximum absolute atomic E-state index is 10.4. The van der Waals surface area contributed by atoms with Crippen molar-refractivity contribution in [1.29, 1.82) is 5.41 Å². The van der Waals surface area contributed by atoms with Crippen LogP contribution >= 0.6 is 12.2 Å². The Morgan fingerprint density at radius 3 is 1.80 bits per heavy atom. The van der Waals surface area contributed by atoms with Gasteiger partial charge in [0.2, 0.25) is 5.91 Å². The molecule has 0 radical (unpaired) electrons. The Morgan fingerprint density at radius 2 is 1.80 bits per heavy atom. The smallest absolute Gasteiger partial charge is 0.235 e. The molecule has 0 aliphatic heterocycles. The topological polar surface area (TPSA) is 119 Å². The van der Waals surface area contributed by atoms with Crippen molar-refractivity contribution in [2.24, 2.45) is 23.1 Å². The van der Waals surface area contributed by atoms with Crippen LogP contribution in [0, 0.1) is 11.3 Å². The minimum atomic E-state index is -1.10. The van der Waals surface area contributed by atoms with E-state index in [1.165, 1.54) is 0 Å². The van der Waals surface area contributed by atoms with E-state index in [9.17, 15) is 4.79 Å². The molecule has 0 aromatic heterocycles. The molecule has 7 N–H and O–H groups in total. The Labute approximate surface area is 63.1 Å². The van der Waals surface area contributed by atoms with Gasteiger partial charge in [0.05, 0.1) is 4.99 Å². The highest BCUT2D eigenvalue weighted by Gasteiger charge is 2.21. The lowest BCUT2D eigenvalue weighted by molar-refractivity contribution is -0.118. The first-order chi connectivity index (χ1) is 4.46. The first kappa shape index (κ1) is 8.83. The Bertz CT molecular complexity index is 156.